The fourth-order valence-corrected chi connectivity index (χ4v) is 3.33. The molecule has 3 aromatic rings. The summed E-state index contributed by atoms with van der Waals surface area (Å²) in [6.45, 7) is 0. The van der Waals surface area contributed by atoms with E-state index < -0.39 is 0 Å². The van der Waals surface area contributed by atoms with Crippen LogP contribution in [0, 0.1) is 0 Å². The van der Waals surface area contributed by atoms with Crippen molar-refractivity contribution in [3.8, 4) is 22.6 Å². The van der Waals surface area contributed by atoms with Crippen molar-refractivity contribution in [2.24, 2.45) is 0 Å². The van der Waals surface area contributed by atoms with E-state index in [2.05, 4.69) is 54.6 Å². The van der Waals surface area contributed by atoms with Crippen molar-refractivity contribution in [1.29, 1.82) is 0 Å². The molecular weight excluding hydrogens is 284 g/mol. The number of hydrogen-bond acceptors (Lipinski definition) is 2. The molecule has 1 aliphatic carbocycles. The molecule has 4 rings (SSSR count). The molecule has 2 nitrogen and oxygen atoms in total. The van der Waals surface area contributed by atoms with Crippen LogP contribution < -0.4 is 9.47 Å². The molecule has 0 bridgehead atoms. The Morgan fingerprint density at radius 2 is 1.48 bits per heavy atom. The molecule has 0 heterocycles. The van der Waals surface area contributed by atoms with Crippen molar-refractivity contribution in [1.82, 2.24) is 0 Å². The van der Waals surface area contributed by atoms with Crippen molar-refractivity contribution in [3.05, 3.63) is 60.2 Å². The van der Waals surface area contributed by atoms with Crippen LogP contribution in [-0.2, 0) is 0 Å². The third-order valence-electron chi connectivity index (χ3n) is 4.65. The van der Waals surface area contributed by atoms with Crippen LogP contribution in [0.3, 0.4) is 0 Å². The molecule has 1 saturated carbocycles. The topological polar surface area (TPSA) is 18.5 Å². The molecule has 0 amide bonds. The van der Waals surface area contributed by atoms with Crippen LogP contribution >= 0.6 is 0 Å². The van der Waals surface area contributed by atoms with Crippen LogP contribution in [0.5, 0.6) is 11.5 Å². The third kappa shape index (κ3) is 2.44. The van der Waals surface area contributed by atoms with E-state index in [0.717, 1.165) is 17.4 Å². The zero-order valence-electron chi connectivity index (χ0n) is 13.5. The van der Waals surface area contributed by atoms with Gasteiger partial charge in [0.2, 0.25) is 0 Å². The van der Waals surface area contributed by atoms with Gasteiger partial charge in [-0.3, -0.25) is 0 Å². The number of hydrogen-bond donors (Lipinski definition) is 0. The second-order valence-corrected chi connectivity index (χ2v) is 6.10. The maximum Gasteiger partial charge on any atom is 0.161 e. The second-order valence-electron chi connectivity index (χ2n) is 6.10. The summed E-state index contributed by atoms with van der Waals surface area (Å²) in [4.78, 5) is 0. The molecule has 0 aromatic heterocycles. The first-order chi connectivity index (χ1) is 11.3. The van der Waals surface area contributed by atoms with E-state index in [4.69, 9.17) is 9.47 Å². The summed E-state index contributed by atoms with van der Waals surface area (Å²) in [6.07, 6.45) is 2.61. The summed E-state index contributed by atoms with van der Waals surface area (Å²) in [5.41, 5.74) is 4.08. The van der Waals surface area contributed by atoms with Crippen LogP contribution in [0.4, 0.5) is 0 Å². The van der Waals surface area contributed by atoms with Gasteiger partial charge in [-0.2, -0.15) is 0 Å². The quantitative estimate of drug-likeness (QED) is 0.642. The van der Waals surface area contributed by atoms with E-state index in [1.54, 1.807) is 14.2 Å². The third-order valence-corrected chi connectivity index (χ3v) is 4.65. The van der Waals surface area contributed by atoms with Crippen LogP contribution in [0.25, 0.3) is 21.9 Å². The maximum absolute atomic E-state index is 5.50. The normalized spacial score (nSPS) is 14.0. The fraction of sp³-hybridized carbons (Fsp3) is 0.238. The van der Waals surface area contributed by atoms with Gasteiger partial charge in [0.1, 0.15) is 0 Å². The Labute approximate surface area is 136 Å². The first-order valence-electron chi connectivity index (χ1n) is 8.06. The molecule has 0 atom stereocenters. The summed E-state index contributed by atoms with van der Waals surface area (Å²) in [5, 5.41) is 2.38. The fourth-order valence-electron chi connectivity index (χ4n) is 3.33. The average Bonchev–Trinajstić information content (AvgIpc) is 3.45. The van der Waals surface area contributed by atoms with Crippen molar-refractivity contribution in [3.63, 3.8) is 0 Å². The predicted octanol–water partition coefficient (Wildman–Crippen LogP) is 5.40. The molecule has 0 spiro atoms. The van der Waals surface area contributed by atoms with Gasteiger partial charge in [-0.1, -0.05) is 42.5 Å². The minimum absolute atomic E-state index is 0.724. The van der Waals surface area contributed by atoms with Crippen LogP contribution in [0.1, 0.15) is 24.3 Å². The van der Waals surface area contributed by atoms with Crippen molar-refractivity contribution >= 4 is 10.8 Å². The molecule has 0 aliphatic heterocycles. The monoisotopic (exact) mass is 304 g/mol. The summed E-state index contributed by atoms with van der Waals surface area (Å²) in [6, 6.07) is 19.4. The number of ether oxygens (including phenoxy) is 2. The van der Waals surface area contributed by atoms with Gasteiger partial charge in [0.05, 0.1) is 14.2 Å². The Bertz CT molecular complexity index is 863. The molecule has 1 fully saturated rings. The van der Waals surface area contributed by atoms with Gasteiger partial charge < -0.3 is 9.47 Å². The molecule has 0 saturated heterocycles. The number of methoxy groups -OCH3 is 2. The lowest BCUT2D eigenvalue weighted by molar-refractivity contribution is 0.356. The van der Waals surface area contributed by atoms with Crippen molar-refractivity contribution in [2.75, 3.05) is 14.2 Å². The number of rotatable bonds is 4. The highest BCUT2D eigenvalue weighted by atomic mass is 16.5. The van der Waals surface area contributed by atoms with Gasteiger partial charge in [0, 0.05) is 0 Å². The smallest absolute Gasteiger partial charge is 0.161 e. The first kappa shape index (κ1) is 14.1. The Morgan fingerprint density at radius 1 is 0.783 bits per heavy atom. The zero-order chi connectivity index (χ0) is 15.8. The molecule has 0 unspecified atom stereocenters. The van der Waals surface area contributed by atoms with E-state index in [9.17, 15) is 0 Å². The molecule has 1 aliphatic rings. The minimum atomic E-state index is 0.724. The molecule has 3 aromatic carbocycles. The van der Waals surface area contributed by atoms with E-state index in [1.807, 2.05) is 0 Å². The van der Waals surface area contributed by atoms with E-state index in [1.165, 1.54) is 40.3 Å². The van der Waals surface area contributed by atoms with Gasteiger partial charge in [-0.15, -0.1) is 0 Å². The lowest BCUT2D eigenvalue weighted by atomic mass is 9.92. The van der Waals surface area contributed by atoms with Crippen molar-refractivity contribution < 1.29 is 9.47 Å². The largest absolute Gasteiger partial charge is 0.493 e. The van der Waals surface area contributed by atoms with Crippen LogP contribution in [0.2, 0.25) is 0 Å². The Hall–Kier alpha value is -2.48. The summed E-state index contributed by atoms with van der Waals surface area (Å²) >= 11 is 0. The number of benzene rings is 3. The summed E-state index contributed by atoms with van der Waals surface area (Å²) in [5.74, 6) is 2.27. The molecule has 116 valence electrons. The van der Waals surface area contributed by atoms with Crippen LogP contribution in [-0.4, -0.2) is 14.2 Å². The number of fused-ring (bicyclic) bond motifs is 1. The Balaban J connectivity index is 1.97. The van der Waals surface area contributed by atoms with Gasteiger partial charge in [0.15, 0.2) is 11.5 Å². The highest BCUT2D eigenvalue weighted by Gasteiger charge is 2.26. The molecule has 23 heavy (non-hydrogen) atoms. The summed E-state index contributed by atoms with van der Waals surface area (Å²) < 4.78 is 10.9. The van der Waals surface area contributed by atoms with E-state index in [-0.39, 0.29) is 0 Å². The van der Waals surface area contributed by atoms with Gasteiger partial charge in [-0.05, 0) is 58.4 Å². The predicted molar refractivity (Wildman–Crippen MR) is 94.5 cm³/mol. The standard InChI is InChI=1S/C21H20O2/c1-22-20-12-15-6-5-9-18(19(15)13-21(20)23-2)17-8-4-3-7-16(17)14-10-11-14/h3-9,12-14H,10-11H2,1-2H3. The first-order valence-corrected chi connectivity index (χ1v) is 8.06. The van der Waals surface area contributed by atoms with Gasteiger partial charge >= 0.3 is 0 Å². The lowest BCUT2D eigenvalue weighted by Gasteiger charge is -2.14. The molecule has 0 radical (unpaired) electrons. The van der Waals surface area contributed by atoms with Crippen molar-refractivity contribution in [2.45, 2.75) is 18.8 Å². The van der Waals surface area contributed by atoms with Gasteiger partial charge in [0.25, 0.3) is 0 Å². The SMILES string of the molecule is COc1cc2cccc(-c3ccccc3C3CC3)c2cc1OC. The lowest BCUT2D eigenvalue weighted by Crippen LogP contribution is -1.92. The molecule has 2 heteroatoms. The highest BCUT2D eigenvalue weighted by molar-refractivity contribution is 5.99. The zero-order valence-corrected chi connectivity index (χ0v) is 13.5. The minimum Gasteiger partial charge on any atom is -0.493 e. The van der Waals surface area contributed by atoms with E-state index >= 15 is 0 Å². The Kier molecular flexibility index (Phi) is 3.45. The highest BCUT2D eigenvalue weighted by Crippen LogP contribution is 2.46. The Morgan fingerprint density at radius 3 is 2.22 bits per heavy atom. The maximum atomic E-state index is 5.50. The molecule has 0 N–H and O–H groups in total. The van der Waals surface area contributed by atoms with Crippen LogP contribution in [0.15, 0.2) is 54.6 Å². The second kappa shape index (κ2) is 5.62. The average molecular weight is 304 g/mol. The molecular formula is C21H20O2. The van der Waals surface area contributed by atoms with Gasteiger partial charge in [-0.25, -0.2) is 0 Å². The van der Waals surface area contributed by atoms with E-state index in [0.29, 0.717) is 0 Å². The summed E-state index contributed by atoms with van der Waals surface area (Å²) in [7, 11) is 3.36.